The van der Waals surface area contributed by atoms with Crippen LogP contribution in [0.2, 0.25) is 10.0 Å². The van der Waals surface area contributed by atoms with E-state index in [9.17, 15) is 4.79 Å². The summed E-state index contributed by atoms with van der Waals surface area (Å²) in [6.45, 7) is 5.06. The van der Waals surface area contributed by atoms with Gasteiger partial charge in [0.25, 0.3) is 0 Å². The molecule has 1 amide bonds. The Hall–Kier alpha value is -0.810. The van der Waals surface area contributed by atoms with Crippen molar-refractivity contribution in [2.75, 3.05) is 39.4 Å². The van der Waals surface area contributed by atoms with Crippen molar-refractivity contribution < 1.29 is 9.53 Å². The van der Waals surface area contributed by atoms with Crippen LogP contribution in [0.3, 0.4) is 0 Å². The summed E-state index contributed by atoms with van der Waals surface area (Å²) in [6, 6.07) is 5.63. The molecule has 0 aromatic heterocycles. The summed E-state index contributed by atoms with van der Waals surface area (Å²) in [5.74, 6) is 0.490. The third-order valence-electron chi connectivity index (χ3n) is 4.33. The maximum atomic E-state index is 12.2. The number of nitrogens with zero attached hydrogens (tertiary/aromatic N) is 1. The van der Waals surface area contributed by atoms with E-state index in [0.717, 1.165) is 44.8 Å². The normalized spacial score (nSPS) is 25.0. The molecule has 2 fully saturated rings. The molecule has 1 aliphatic heterocycles. The van der Waals surface area contributed by atoms with Gasteiger partial charge in [-0.1, -0.05) is 29.3 Å². The predicted octanol–water partition coefficient (Wildman–Crippen LogP) is 2.55. The number of carbonyl (C=O) groups excluding carboxylic acids is 1. The largest absolute Gasteiger partial charge is 0.379 e. The van der Waals surface area contributed by atoms with Crippen LogP contribution in [-0.4, -0.2) is 50.2 Å². The van der Waals surface area contributed by atoms with Crippen molar-refractivity contribution in [3.8, 4) is 0 Å². The van der Waals surface area contributed by atoms with E-state index in [1.165, 1.54) is 0 Å². The first-order valence-corrected chi connectivity index (χ1v) is 8.43. The Morgan fingerprint density at radius 2 is 2.05 bits per heavy atom. The van der Waals surface area contributed by atoms with Crippen molar-refractivity contribution in [3.05, 3.63) is 33.8 Å². The first-order chi connectivity index (χ1) is 10.6. The molecule has 1 heterocycles. The van der Waals surface area contributed by atoms with Crippen LogP contribution >= 0.6 is 23.2 Å². The average Bonchev–Trinajstić information content (AvgIpc) is 3.32. The van der Waals surface area contributed by atoms with Crippen molar-refractivity contribution in [3.63, 3.8) is 0 Å². The SMILES string of the molecule is O=C(NCCN1CCOCC1)C1CC1c1ccc(Cl)c(Cl)c1. The Labute approximate surface area is 140 Å². The lowest BCUT2D eigenvalue weighted by atomic mass is 10.1. The van der Waals surface area contributed by atoms with Gasteiger partial charge in [0.1, 0.15) is 0 Å². The number of amides is 1. The maximum Gasteiger partial charge on any atom is 0.223 e. The Kier molecular flexibility index (Phi) is 5.24. The van der Waals surface area contributed by atoms with Crippen molar-refractivity contribution in [2.24, 2.45) is 5.92 Å². The van der Waals surface area contributed by atoms with Crippen LogP contribution in [0.15, 0.2) is 18.2 Å². The monoisotopic (exact) mass is 342 g/mol. The zero-order valence-corrected chi connectivity index (χ0v) is 13.9. The topological polar surface area (TPSA) is 41.6 Å². The number of hydrogen-bond acceptors (Lipinski definition) is 3. The lowest BCUT2D eigenvalue weighted by Gasteiger charge is -2.26. The lowest BCUT2D eigenvalue weighted by Crippen LogP contribution is -2.41. The molecule has 4 nitrogen and oxygen atoms in total. The van der Waals surface area contributed by atoms with Gasteiger partial charge in [-0.3, -0.25) is 9.69 Å². The van der Waals surface area contributed by atoms with Crippen molar-refractivity contribution in [2.45, 2.75) is 12.3 Å². The van der Waals surface area contributed by atoms with E-state index in [-0.39, 0.29) is 17.7 Å². The Bertz CT molecular complexity index is 547. The lowest BCUT2D eigenvalue weighted by molar-refractivity contribution is -0.122. The summed E-state index contributed by atoms with van der Waals surface area (Å²) in [4.78, 5) is 14.5. The molecule has 1 aliphatic carbocycles. The molecule has 120 valence electrons. The fourth-order valence-corrected chi connectivity index (χ4v) is 3.20. The minimum absolute atomic E-state index is 0.0712. The first kappa shape index (κ1) is 16.1. The first-order valence-electron chi connectivity index (χ1n) is 7.68. The number of morpholine rings is 1. The summed E-state index contributed by atoms with van der Waals surface area (Å²) in [7, 11) is 0. The summed E-state index contributed by atoms with van der Waals surface area (Å²) in [5.41, 5.74) is 1.10. The van der Waals surface area contributed by atoms with Crippen LogP contribution in [0, 0.1) is 5.92 Å². The summed E-state index contributed by atoms with van der Waals surface area (Å²) < 4.78 is 5.31. The molecule has 0 bridgehead atoms. The number of hydrogen-bond donors (Lipinski definition) is 1. The highest BCUT2D eigenvalue weighted by atomic mass is 35.5. The van der Waals surface area contributed by atoms with E-state index in [0.29, 0.717) is 16.6 Å². The van der Waals surface area contributed by atoms with Gasteiger partial charge in [0.05, 0.1) is 23.3 Å². The molecule has 2 atom stereocenters. The van der Waals surface area contributed by atoms with Gasteiger partial charge in [0.2, 0.25) is 5.91 Å². The third-order valence-corrected chi connectivity index (χ3v) is 5.07. The van der Waals surface area contributed by atoms with Gasteiger partial charge >= 0.3 is 0 Å². The van der Waals surface area contributed by atoms with Gasteiger partial charge in [0.15, 0.2) is 0 Å². The standard InChI is InChI=1S/C16H20Cl2N2O2/c17-14-2-1-11(9-15(14)18)12-10-13(12)16(21)19-3-4-20-5-7-22-8-6-20/h1-2,9,12-13H,3-8,10H2,(H,19,21). The molecule has 0 spiro atoms. The molecule has 1 N–H and O–H groups in total. The van der Waals surface area contributed by atoms with Crippen LogP contribution in [0.5, 0.6) is 0 Å². The minimum atomic E-state index is 0.0712. The number of ether oxygens (including phenoxy) is 1. The fourth-order valence-electron chi connectivity index (χ4n) is 2.89. The number of benzene rings is 1. The summed E-state index contributed by atoms with van der Waals surface area (Å²) in [6.07, 6.45) is 0.890. The Morgan fingerprint density at radius 3 is 2.77 bits per heavy atom. The van der Waals surface area contributed by atoms with Crippen LogP contribution in [0.25, 0.3) is 0 Å². The van der Waals surface area contributed by atoms with Gasteiger partial charge in [-0.15, -0.1) is 0 Å². The van der Waals surface area contributed by atoms with E-state index >= 15 is 0 Å². The number of carbonyl (C=O) groups is 1. The quantitative estimate of drug-likeness (QED) is 0.893. The van der Waals surface area contributed by atoms with E-state index in [1.54, 1.807) is 6.07 Å². The molecule has 22 heavy (non-hydrogen) atoms. The van der Waals surface area contributed by atoms with E-state index in [4.69, 9.17) is 27.9 Å². The zero-order chi connectivity index (χ0) is 15.5. The molecule has 2 aliphatic rings. The molecule has 1 saturated carbocycles. The molecule has 1 aromatic rings. The number of halogens is 2. The van der Waals surface area contributed by atoms with Gasteiger partial charge in [-0.25, -0.2) is 0 Å². The van der Waals surface area contributed by atoms with Crippen LogP contribution in [0.1, 0.15) is 17.9 Å². The Morgan fingerprint density at radius 1 is 1.27 bits per heavy atom. The summed E-state index contributed by atoms with van der Waals surface area (Å²) >= 11 is 12.0. The van der Waals surface area contributed by atoms with E-state index < -0.39 is 0 Å². The second kappa shape index (κ2) is 7.18. The second-order valence-electron chi connectivity index (χ2n) is 5.87. The van der Waals surface area contributed by atoms with Gasteiger partial charge in [-0.05, 0) is 30.0 Å². The minimum Gasteiger partial charge on any atom is -0.379 e. The molecule has 6 heteroatoms. The van der Waals surface area contributed by atoms with Crippen LogP contribution < -0.4 is 5.32 Å². The van der Waals surface area contributed by atoms with E-state index in [1.807, 2.05) is 12.1 Å². The van der Waals surface area contributed by atoms with Gasteiger partial charge in [-0.2, -0.15) is 0 Å². The molecule has 1 saturated heterocycles. The highest BCUT2D eigenvalue weighted by Crippen LogP contribution is 2.48. The van der Waals surface area contributed by atoms with Crippen LogP contribution in [0.4, 0.5) is 0 Å². The van der Waals surface area contributed by atoms with Crippen molar-refractivity contribution in [1.82, 2.24) is 10.2 Å². The predicted molar refractivity (Wildman–Crippen MR) is 87.6 cm³/mol. The zero-order valence-electron chi connectivity index (χ0n) is 12.4. The van der Waals surface area contributed by atoms with E-state index in [2.05, 4.69) is 10.2 Å². The van der Waals surface area contributed by atoms with Gasteiger partial charge < -0.3 is 10.1 Å². The molecular weight excluding hydrogens is 323 g/mol. The number of nitrogens with one attached hydrogen (secondary N) is 1. The average molecular weight is 343 g/mol. The smallest absolute Gasteiger partial charge is 0.223 e. The van der Waals surface area contributed by atoms with Gasteiger partial charge in [0, 0.05) is 32.1 Å². The fraction of sp³-hybridized carbons (Fsp3) is 0.562. The molecule has 1 aromatic carbocycles. The highest BCUT2D eigenvalue weighted by molar-refractivity contribution is 6.42. The summed E-state index contributed by atoms with van der Waals surface area (Å²) in [5, 5.41) is 4.14. The van der Waals surface area contributed by atoms with Crippen LogP contribution in [-0.2, 0) is 9.53 Å². The molecule has 0 radical (unpaired) electrons. The third kappa shape index (κ3) is 3.93. The van der Waals surface area contributed by atoms with Crippen molar-refractivity contribution in [1.29, 1.82) is 0 Å². The molecule has 2 unspecified atom stereocenters. The highest BCUT2D eigenvalue weighted by Gasteiger charge is 2.43. The Balaban J connectivity index is 1.43. The molecular formula is C16H20Cl2N2O2. The van der Waals surface area contributed by atoms with Crippen molar-refractivity contribution >= 4 is 29.1 Å². The molecule has 3 rings (SSSR count). The second-order valence-corrected chi connectivity index (χ2v) is 6.68. The maximum absolute atomic E-state index is 12.2. The number of rotatable bonds is 5.